The molecule has 1 aliphatic heterocycles. The van der Waals surface area contributed by atoms with E-state index in [0.29, 0.717) is 24.3 Å². The summed E-state index contributed by atoms with van der Waals surface area (Å²) in [5.41, 5.74) is 0. The minimum absolute atomic E-state index is 0.143. The number of rotatable bonds is 2. The van der Waals surface area contributed by atoms with Crippen molar-refractivity contribution >= 4 is 23.7 Å². The van der Waals surface area contributed by atoms with E-state index in [2.05, 4.69) is 11.6 Å². The Hall–Kier alpha value is -0.710. The van der Waals surface area contributed by atoms with Crippen LogP contribution in [0.2, 0.25) is 0 Å². The molecule has 0 aromatic rings. The van der Waals surface area contributed by atoms with Crippen LogP contribution in [-0.4, -0.2) is 40.9 Å². The number of thioether (sulfide) groups is 1. The molecule has 5 heteroatoms. The lowest BCUT2D eigenvalue weighted by molar-refractivity contribution is -0.121. The van der Waals surface area contributed by atoms with Crippen molar-refractivity contribution in [1.29, 1.82) is 0 Å². The molecule has 2 atom stereocenters. The van der Waals surface area contributed by atoms with Crippen LogP contribution in [0.3, 0.4) is 0 Å². The summed E-state index contributed by atoms with van der Waals surface area (Å²) in [4.78, 5) is 24.4. The summed E-state index contributed by atoms with van der Waals surface area (Å²) in [5, 5.41) is 3.06. The Morgan fingerprint density at radius 2 is 2.20 bits per heavy atom. The van der Waals surface area contributed by atoms with Gasteiger partial charge in [-0.2, -0.15) is 11.8 Å². The van der Waals surface area contributed by atoms with Crippen LogP contribution >= 0.6 is 11.8 Å². The maximum atomic E-state index is 11.6. The Balaban J connectivity index is 1.94. The van der Waals surface area contributed by atoms with Gasteiger partial charge in [0.2, 0.25) is 5.91 Å². The maximum Gasteiger partial charge on any atom is 0.324 e. The summed E-state index contributed by atoms with van der Waals surface area (Å²) < 4.78 is 0. The van der Waals surface area contributed by atoms with E-state index in [0.717, 1.165) is 12.8 Å². The molecule has 1 N–H and O–H groups in total. The van der Waals surface area contributed by atoms with Gasteiger partial charge < -0.3 is 4.90 Å². The van der Waals surface area contributed by atoms with Crippen molar-refractivity contribution in [3.8, 4) is 0 Å². The highest BCUT2D eigenvalue weighted by Crippen LogP contribution is 2.31. The molecule has 1 saturated carbocycles. The summed E-state index contributed by atoms with van der Waals surface area (Å²) in [6.45, 7) is 0.594. The Kier molecular flexibility index (Phi) is 3.19. The van der Waals surface area contributed by atoms with E-state index in [9.17, 15) is 9.59 Å². The molecule has 0 spiro atoms. The van der Waals surface area contributed by atoms with Crippen LogP contribution in [-0.2, 0) is 4.79 Å². The maximum absolute atomic E-state index is 11.6. The van der Waals surface area contributed by atoms with Crippen LogP contribution in [0.1, 0.15) is 25.7 Å². The van der Waals surface area contributed by atoms with E-state index < -0.39 is 0 Å². The summed E-state index contributed by atoms with van der Waals surface area (Å²) in [7, 11) is 0. The van der Waals surface area contributed by atoms with Crippen LogP contribution in [0.15, 0.2) is 0 Å². The monoisotopic (exact) mass is 228 g/mol. The second-order valence-corrected chi connectivity index (χ2v) is 5.26. The summed E-state index contributed by atoms with van der Waals surface area (Å²) in [5.74, 6) is -0.143. The largest absolute Gasteiger partial charge is 0.324 e. The molecule has 2 fully saturated rings. The zero-order chi connectivity index (χ0) is 10.8. The van der Waals surface area contributed by atoms with E-state index in [4.69, 9.17) is 0 Å². The van der Waals surface area contributed by atoms with Crippen LogP contribution in [0, 0.1) is 0 Å². The number of carbonyl (C=O) groups is 2. The molecule has 1 aliphatic carbocycles. The molecule has 3 amide bonds. The predicted molar refractivity (Wildman–Crippen MR) is 59.8 cm³/mol. The van der Waals surface area contributed by atoms with Gasteiger partial charge in [0.1, 0.15) is 0 Å². The van der Waals surface area contributed by atoms with E-state index in [1.165, 1.54) is 6.42 Å². The average Bonchev–Trinajstić information content (AvgIpc) is 2.66. The van der Waals surface area contributed by atoms with Crippen molar-refractivity contribution in [3.05, 3.63) is 0 Å². The number of hydrogen-bond acceptors (Lipinski definition) is 3. The van der Waals surface area contributed by atoms with Crippen molar-refractivity contribution in [1.82, 2.24) is 10.2 Å². The van der Waals surface area contributed by atoms with Gasteiger partial charge in [-0.15, -0.1) is 0 Å². The Morgan fingerprint density at radius 3 is 2.80 bits per heavy atom. The fraction of sp³-hybridized carbons (Fsp3) is 0.800. The molecule has 0 bridgehead atoms. The Bertz CT molecular complexity index is 283. The number of nitrogens with one attached hydrogen (secondary N) is 1. The topological polar surface area (TPSA) is 49.4 Å². The first-order valence-electron chi connectivity index (χ1n) is 5.34. The van der Waals surface area contributed by atoms with Gasteiger partial charge in [-0.25, -0.2) is 4.79 Å². The standard InChI is InChI=1S/C10H16N2O2S/c1-15-8-3-2-7(6-8)12-5-4-9(13)11-10(12)14/h7-8H,2-6H2,1H3,(H,11,13,14). The third-order valence-corrected chi connectivity index (χ3v) is 4.31. The Labute approximate surface area is 93.8 Å². The van der Waals surface area contributed by atoms with Gasteiger partial charge in [-0.3, -0.25) is 10.1 Å². The molecule has 0 aromatic heterocycles. The van der Waals surface area contributed by atoms with Crippen LogP contribution in [0.25, 0.3) is 0 Å². The summed E-state index contributed by atoms with van der Waals surface area (Å²) in [6, 6.07) is 0.147. The molecule has 84 valence electrons. The van der Waals surface area contributed by atoms with Crippen molar-refractivity contribution in [2.24, 2.45) is 0 Å². The molecule has 2 aliphatic rings. The summed E-state index contributed by atoms with van der Waals surface area (Å²) in [6.07, 6.45) is 5.90. The molecule has 1 heterocycles. The summed E-state index contributed by atoms with van der Waals surface area (Å²) >= 11 is 1.88. The lowest BCUT2D eigenvalue weighted by Gasteiger charge is -2.31. The van der Waals surface area contributed by atoms with Crippen molar-refractivity contribution in [2.45, 2.75) is 37.0 Å². The molecule has 0 aromatic carbocycles. The first-order chi connectivity index (χ1) is 7.20. The highest BCUT2D eigenvalue weighted by atomic mass is 32.2. The van der Waals surface area contributed by atoms with Crippen molar-refractivity contribution in [2.75, 3.05) is 12.8 Å². The molecular weight excluding hydrogens is 212 g/mol. The highest BCUT2D eigenvalue weighted by Gasteiger charge is 2.34. The fourth-order valence-corrected chi connectivity index (χ4v) is 3.13. The first kappa shape index (κ1) is 10.8. The molecule has 0 radical (unpaired) electrons. The second-order valence-electron chi connectivity index (χ2n) is 4.12. The third kappa shape index (κ3) is 2.27. The smallest absolute Gasteiger partial charge is 0.321 e. The first-order valence-corrected chi connectivity index (χ1v) is 6.62. The van der Waals surface area contributed by atoms with Gasteiger partial charge in [-0.1, -0.05) is 0 Å². The minimum atomic E-state index is -0.196. The van der Waals surface area contributed by atoms with Gasteiger partial charge >= 0.3 is 6.03 Å². The van der Waals surface area contributed by atoms with Gasteiger partial charge in [0.05, 0.1) is 0 Å². The number of hydrogen-bond donors (Lipinski definition) is 1. The second kappa shape index (κ2) is 4.43. The predicted octanol–water partition coefficient (Wildman–Crippen LogP) is 1.21. The van der Waals surface area contributed by atoms with Crippen LogP contribution in [0.5, 0.6) is 0 Å². The molecule has 2 unspecified atom stereocenters. The Morgan fingerprint density at radius 1 is 1.40 bits per heavy atom. The SMILES string of the molecule is CSC1CCC(N2CCC(=O)NC2=O)C1. The normalized spacial score (nSPS) is 31.9. The lowest BCUT2D eigenvalue weighted by atomic mass is 10.2. The van der Waals surface area contributed by atoms with Gasteiger partial charge in [0, 0.05) is 24.3 Å². The van der Waals surface area contributed by atoms with E-state index in [1.807, 2.05) is 16.7 Å². The third-order valence-electron chi connectivity index (χ3n) is 3.22. The highest BCUT2D eigenvalue weighted by molar-refractivity contribution is 7.99. The molecular formula is C10H16N2O2S. The van der Waals surface area contributed by atoms with E-state index in [-0.39, 0.29) is 11.9 Å². The zero-order valence-corrected chi connectivity index (χ0v) is 9.68. The van der Waals surface area contributed by atoms with Gasteiger partial charge in [-0.05, 0) is 25.5 Å². The number of imide groups is 1. The number of urea groups is 1. The van der Waals surface area contributed by atoms with Crippen LogP contribution in [0.4, 0.5) is 4.79 Å². The van der Waals surface area contributed by atoms with Gasteiger partial charge in [0.25, 0.3) is 0 Å². The van der Waals surface area contributed by atoms with E-state index in [1.54, 1.807) is 0 Å². The molecule has 15 heavy (non-hydrogen) atoms. The molecule has 1 saturated heterocycles. The lowest BCUT2D eigenvalue weighted by Crippen LogP contribution is -2.52. The molecule has 2 rings (SSSR count). The molecule has 4 nitrogen and oxygen atoms in total. The van der Waals surface area contributed by atoms with Crippen molar-refractivity contribution < 1.29 is 9.59 Å². The quantitative estimate of drug-likeness (QED) is 0.773. The zero-order valence-electron chi connectivity index (χ0n) is 8.86. The van der Waals surface area contributed by atoms with Crippen molar-refractivity contribution in [3.63, 3.8) is 0 Å². The number of nitrogens with zero attached hydrogens (tertiary/aromatic N) is 1. The number of amides is 3. The average molecular weight is 228 g/mol. The fourth-order valence-electron chi connectivity index (χ4n) is 2.34. The van der Waals surface area contributed by atoms with Gasteiger partial charge in [0.15, 0.2) is 0 Å². The number of carbonyl (C=O) groups excluding carboxylic acids is 2. The van der Waals surface area contributed by atoms with Crippen LogP contribution < -0.4 is 5.32 Å². The van der Waals surface area contributed by atoms with E-state index >= 15 is 0 Å². The minimum Gasteiger partial charge on any atom is -0.321 e.